The fourth-order valence-electron chi connectivity index (χ4n) is 2.01. The number of pyridine rings is 1. The van der Waals surface area contributed by atoms with E-state index in [0.29, 0.717) is 11.6 Å². The maximum absolute atomic E-state index is 9.71. The van der Waals surface area contributed by atoms with Crippen LogP contribution in [0.1, 0.15) is 0 Å². The van der Waals surface area contributed by atoms with Gasteiger partial charge in [-0.2, -0.15) is 4.98 Å². The number of hydrogen-bond donors (Lipinski definition) is 1. The van der Waals surface area contributed by atoms with Crippen molar-refractivity contribution in [3.05, 3.63) is 18.3 Å². The van der Waals surface area contributed by atoms with Crippen LogP contribution >= 0.6 is 0 Å². The molecule has 2 aromatic heterocycles. The molecule has 0 saturated carbocycles. The van der Waals surface area contributed by atoms with Crippen LogP contribution in [-0.2, 0) is 0 Å². The lowest BCUT2D eigenvalue weighted by Gasteiger charge is -2.31. The summed E-state index contributed by atoms with van der Waals surface area (Å²) in [5.74, 6) is 0.830. The third kappa shape index (κ3) is 2.37. The van der Waals surface area contributed by atoms with Crippen molar-refractivity contribution < 1.29 is 9.63 Å². The van der Waals surface area contributed by atoms with Gasteiger partial charge in [0, 0.05) is 32.4 Å². The molecule has 1 aliphatic heterocycles. The van der Waals surface area contributed by atoms with Gasteiger partial charge in [-0.3, -0.25) is 0 Å². The predicted octanol–water partition coefficient (Wildman–Crippen LogP) is 0.589. The number of hydrogen-bond acceptors (Lipinski definition) is 7. The van der Waals surface area contributed by atoms with Gasteiger partial charge in [0.15, 0.2) is 5.69 Å². The maximum Gasteiger partial charge on any atom is 0.281 e. The van der Waals surface area contributed by atoms with Crippen molar-refractivity contribution in [2.75, 3.05) is 38.1 Å². The van der Waals surface area contributed by atoms with Gasteiger partial charge in [0.05, 0.1) is 0 Å². The van der Waals surface area contributed by atoms with Gasteiger partial charge in [0.25, 0.3) is 11.8 Å². The molecule has 0 spiro atoms. The molecule has 2 aromatic rings. The van der Waals surface area contributed by atoms with Crippen LogP contribution in [0.2, 0.25) is 0 Å². The van der Waals surface area contributed by atoms with Gasteiger partial charge in [0.2, 0.25) is 0 Å². The van der Waals surface area contributed by atoms with Crippen LogP contribution in [0.3, 0.4) is 0 Å². The number of piperazine rings is 1. The Labute approximate surface area is 110 Å². The topological polar surface area (TPSA) is 78.5 Å². The van der Waals surface area contributed by atoms with E-state index in [1.165, 1.54) is 0 Å². The first-order valence-corrected chi connectivity index (χ1v) is 6.15. The van der Waals surface area contributed by atoms with E-state index in [9.17, 15) is 5.11 Å². The third-order valence-electron chi connectivity index (χ3n) is 3.19. The zero-order valence-electron chi connectivity index (χ0n) is 10.7. The van der Waals surface area contributed by atoms with E-state index < -0.39 is 0 Å². The van der Waals surface area contributed by atoms with E-state index in [1.54, 1.807) is 18.3 Å². The van der Waals surface area contributed by atoms with E-state index in [2.05, 4.69) is 32.0 Å². The highest BCUT2D eigenvalue weighted by atomic mass is 16.5. The van der Waals surface area contributed by atoms with Gasteiger partial charge in [-0.15, -0.1) is 0 Å². The summed E-state index contributed by atoms with van der Waals surface area (Å²) >= 11 is 0. The molecule has 0 amide bonds. The fraction of sp³-hybridized carbons (Fsp3) is 0.417. The summed E-state index contributed by atoms with van der Waals surface area (Å²) < 4.78 is 5.17. The fourth-order valence-corrected chi connectivity index (χ4v) is 2.01. The van der Waals surface area contributed by atoms with Crippen LogP contribution in [0.25, 0.3) is 11.6 Å². The monoisotopic (exact) mass is 261 g/mol. The van der Waals surface area contributed by atoms with Crippen molar-refractivity contribution in [1.82, 2.24) is 20.0 Å². The second kappa shape index (κ2) is 4.85. The number of aromatic hydroxyl groups is 1. The normalized spacial score (nSPS) is 16.8. The number of likely N-dealkylation sites (N-methyl/N-ethyl adjacent to an activating group) is 1. The summed E-state index contributed by atoms with van der Waals surface area (Å²) in [5.41, 5.74) is 0.315. The average molecular weight is 261 g/mol. The molecule has 1 aliphatic rings. The van der Waals surface area contributed by atoms with Gasteiger partial charge in [-0.25, -0.2) is 4.98 Å². The highest BCUT2D eigenvalue weighted by Gasteiger charge is 2.21. The second-order valence-corrected chi connectivity index (χ2v) is 4.56. The lowest BCUT2D eigenvalue weighted by molar-refractivity contribution is 0.309. The molecule has 0 atom stereocenters. The molecule has 0 unspecified atom stereocenters. The SMILES string of the molecule is CN1CCN(c2noc(-c3ncccc3O)n2)CC1. The Balaban J connectivity index is 1.82. The molecular weight excluding hydrogens is 246 g/mol. The summed E-state index contributed by atoms with van der Waals surface area (Å²) in [6, 6.07) is 3.19. The Kier molecular flexibility index (Phi) is 3.04. The Morgan fingerprint density at radius 1 is 1.26 bits per heavy atom. The third-order valence-corrected chi connectivity index (χ3v) is 3.19. The first-order chi connectivity index (χ1) is 9.24. The molecule has 0 aliphatic carbocycles. The van der Waals surface area contributed by atoms with E-state index >= 15 is 0 Å². The number of nitrogens with zero attached hydrogens (tertiary/aromatic N) is 5. The van der Waals surface area contributed by atoms with E-state index in [0.717, 1.165) is 26.2 Å². The van der Waals surface area contributed by atoms with Crippen molar-refractivity contribution in [2.45, 2.75) is 0 Å². The highest BCUT2D eigenvalue weighted by molar-refractivity contribution is 5.57. The van der Waals surface area contributed by atoms with Crippen LogP contribution in [0.15, 0.2) is 22.9 Å². The second-order valence-electron chi connectivity index (χ2n) is 4.56. The van der Waals surface area contributed by atoms with Gasteiger partial charge in [-0.05, 0) is 24.3 Å². The average Bonchev–Trinajstić information content (AvgIpc) is 2.89. The Morgan fingerprint density at radius 2 is 2.05 bits per heavy atom. The summed E-state index contributed by atoms with van der Waals surface area (Å²) in [6.45, 7) is 3.67. The van der Waals surface area contributed by atoms with Crippen LogP contribution in [-0.4, -0.2) is 58.4 Å². The Hall–Kier alpha value is -2.15. The zero-order chi connectivity index (χ0) is 13.2. The van der Waals surface area contributed by atoms with E-state index in [-0.39, 0.29) is 11.6 Å². The summed E-state index contributed by atoms with van der Waals surface area (Å²) in [5, 5.41) is 13.7. The summed E-state index contributed by atoms with van der Waals surface area (Å²) in [6.07, 6.45) is 1.58. The van der Waals surface area contributed by atoms with Crippen molar-refractivity contribution >= 4 is 5.95 Å². The zero-order valence-corrected chi connectivity index (χ0v) is 10.7. The molecule has 7 heteroatoms. The molecule has 1 saturated heterocycles. The molecule has 7 nitrogen and oxygen atoms in total. The number of anilines is 1. The molecule has 3 heterocycles. The van der Waals surface area contributed by atoms with Crippen LogP contribution < -0.4 is 4.90 Å². The molecule has 0 bridgehead atoms. The quantitative estimate of drug-likeness (QED) is 0.847. The molecule has 1 fully saturated rings. The van der Waals surface area contributed by atoms with E-state index in [1.807, 2.05) is 0 Å². The first-order valence-electron chi connectivity index (χ1n) is 6.15. The van der Waals surface area contributed by atoms with E-state index in [4.69, 9.17) is 4.52 Å². The molecular formula is C12H15N5O2. The first kappa shape index (κ1) is 11.9. The van der Waals surface area contributed by atoms with Crippen molar-refractivity contribution in [3.8, 4) is 17.3 Å². The number of aromatic nitrogens is 3. The minimum absolute atomic E-state index is 0.0380. The molecule has 100 valence electrons. The van der Waals surface area contributed by atoms with Gasteiger partial charge in [0.1, 0.15) is 5.75 Å². The van der Waals surface area contributed by atoms with Gasteiger partial charge < -0.3 is 19.4 Å². The maximum atomic E-state index is 9.71. The minimum atomic E-state index is 0.0380. The molecule has 19 heavy (non-hydrogen) atoms. The van der Waals surface area contributed by atoms with Gasteiger partial charge in [-0.1, -0.05) is 0 Å². The van der Waals surface area contributed by atoms with Gasteiger partial charge >= 0.3 is 0 Å². The molecule has 0 radical (unpaired) electrons. The smallest absolute Gasteiger partial charge is 0.281 e. The van der Waals surface area contributed by atoms with Crippen LogP contribution in [0.5, 0.6) is 5.75 Å². The van der Waals surface area contributed by atoms with Crippen molar-refractivity contribution in [2.24, 2.45) is 0 Å². The van der Waals surface area contributed by atoms with Crippen LogP contribution in [0.4, 0.5) is 5.95 Å². The number of rotatable bonds is 2. The lowest BCUT2D eigenvalue weighted by atomic mass is 10.3. The highest BCUT2D eigenvalue weighted by Crippen LogP contribution is 2.26. The Bertz CT molecular complexity index is 563. The van der Waals surface area contributed by atoms with Crippen molar-refractivity contribution in [3.63, 3.8) is 0 Å². The minimum Gasteiger partial charge on any atom is -0.505 e. The predicted molar refractivity (Wildman–Crippen MR) is 68.9 cm³/mol. The molecule has 1 N–H and O–H groups in total. The molecule has 3 rings (SSSR count). The summed E-state index contributed by atoms with van der Waals surface area (Å²) in [7, 11) is 2.09. The lowest BCUT2D eigenvalue weighted by Crippen LogP contribution is -2.44. The molecule has 0 aromatic carbocycles. The summed E-state index contributed by atoms with van der Waals surface area (Å²) in [4.78, 5) is 12.7. The standard InChI is InChI=1S/C12H15N5O2/c1-16-5-7-17(8-6-16)12-14-11(19-15-12)10-9(18)3-2-4-13-10/h2-4,18H,5-8H2,1H3. The largest absolute Gasteiger partial charge is 0.505 e. The Morgan fingerprint density at radius 3 is 2.79 bits per heavy atom. The van der Waals surface area contributed by atoms with Crippen molar-refractivity contribution in [1.29, 1.82) is 0 Å². The van der Waals surface area contributed by atoms with Crippen LogP contribution in [0, 0.1) is 0 Å².